The van der Waals surface area contributed by atoms with Crippen LogP contribution >= 0.6 is 0 Å². The third-order valence-corrected chi connectivity index (χ3v) is 4.80. The summed E-state index contributed by atoms with van der Waals surface area (Å²) in [4.78, 5) is 11.4. The van der Waals surface area contributed by atoms with Crippen LogP contribution in [0.4, 0.5) is 0 Å². The van der Waals surface area contributed by atoms with Crippen LogP contribution in [0, 0.1) is 0 Å². The van der Waals surface area contributed by atoms with Crippen LogP contribution in [-0.4, -0.2) is 19.2 Å². The Bertz CT molecular complexity index is 753. The molecule has 0 N–H and O–H groups in total. The van der Waals surface area contributed by atoms with E-state index in [0.29, 0.717) is 6.61 Å². The Balaban J connectivity index is 2.51. The Morgan fingerprint density at radius 1 is 0.903 bits per heavy atom. The van der Waals surface area contributed by atoms with Gasteiger partial charge >= 0.3 is 5.97 Å². The topological polar surface area (TPSA) is 35.5 Å². The molecule has 0 bridgehead atoms. The number of esters is 1. The molecule has 1 rings (SSSR count). The first kappa shape index (κ1) is 26.5. The quantitative estimate of drug-likeness (QED) is 0.124. The van der Waals surface area contributed by atoms with E-state index in [1.165, 1.54) is 44.6 Å². The van der Waals surface area contributed by atoms with Crippen molar-refractivity contribution in [1.82, 2.24) is 0 Å². The van der Waals surface area contributed by atoms with Gasteiger partial charge in [-0.05, 0) is 38.8 Å². The van der Waals surface area contributed by atoms with Gasteiger partial charge in [0.25, 0.3) is 0 Å². The van der Waals surface area contributed by atoms with Gasteiger partial charge in [0.2, 0.25) is 0 Å². The van der Waals surface area contributed by atoms with Gasteiger partial charge < -0.3 is 9.47 Å². The third kappa shape index (κ3) is 13.4. The summed E-state index contributed by atoms with van der Waals surface area (Å²) in [6.07, 6.45) is 20.5. The average molecular weight is 425 g/mol. The van der Waals surface area contributed by atoms with E-state index in [1.54, 1.807) is 6.92 Å². The molecule has 0 heterocycles. The summed E-state index contributed by atoms with van der Waals surface area (Å²) in [6, 6.07) is 8.15. The number of carbonyl (C=O) groups is 1. The summed E-state index contributed by atoms with van der Waals surface area (Å²) in [6.45, 7) is 9.13. The lowest BCUT2D eigenvalue weighted by Crippen LogP contribution is -1.99. The molecule has 0 saturated heterocycles. The fourth-order valence-electron chi connectivity index (χ4n) is 3.04. The third-order valence-electron chi connectivity index (χ3n) is 4.80. The van der Waals surface area contributed by atoms with Crippen LogP contribution in [0.15, 0.2) is 65.8 Å². The summed E-state index contributed by atoms with van der Waals surface area (Å²) < 4.78 is 10.9. The number of hydrogen-bond acceptors (Lipinski definition) is 3. The molecule has 170 valence electrons. The molecule has 1 aromatic carbocycles. The molecule has 1 aromatic rings. The minimum Gasteiger partial charge on any atom is -0.493 e. The van der Waals surface area contributed by atoms with E-state index in [9.17, 15) is 4.79 Å². The Labute approximate surface area is 189 Å². The predicted molar refractivity (Wildman–Crippen MR) is 132 cm³/mol. The molecule has 0 aliphatic carbocycles. The maximum atomic E-state index is 11.4. The normalized spacial score (nSPS) is 12.6. The standard InChI is InChI=1S/C28H40O3/c1-5-7-8-9-10-11-14-22-31-27-19-13-12-18-26(27)21-20-24(3)16-15-17-25(4)23-28(29)30-6-2/h12-13,15-21,23H,5-11,14,22H2,1-4H3/b17-15?,21-20?,24-16?,25-23+. The van der Waals surface area contributed by atoms with Crippen LogP contribution in [-0.2, 0) is 9.53 Å². The fourth-order valence-corrected chi connectivity index (χ4v) is 3.04. The van der Waals surface area contributed by atoms with Crippen LogP contribution in [0.2, 0.25) is 0 Å². The predicted octanol–water partition coefficient (Wildman–Crippen LogP) is 7.84. The SMILES string of the molecule is CCCCCCCCCOc1ccccc1C=CC(C)=CC=C/C(C)=C/C(=O)OCC. The lowest BCUT2D eigenvalue weighted by molar-refractivity contribution is -0.137. The second-order valence-corrected chi connectivity index (χ2v) is 7.75. The molecule has 0 spiro atoms. The monoisotopic (exact) mass is 424 g/mol. The zero-order valence-corrected chi connectivity index (χ0v) is 19.9. The molecule has 3 nitrogen and oxygen atoms in total. The zero-order valence-electron chi connectivity index (χ0n) is 19.9. The van der Waals surface area contributed by atoms with Gasteiger partial charge in [-0.1, -0.05) is 99.6 Å². The van der Waals surface area contributed by atoms with E-state index in [4.69, 9.17) is 9.47 Å². The number of para-hydroxylation sites is 1. The fraction of sp³-hybridized carbons (Fsp3) is 0.464. The molecule has 0 aromatic heterocycles. The molecule has 0 atom stereocenters. The smallest absolute Gasteiger partial charge is 0.330 e. The number of benzene rings is 1. The maximum absolute atomic E-state index is 11.4. The summed E-state index contributed by atoms with van der Waals surface area (Å²) in [5.41, 5.74) is 3.05. The molecular formula is C28H40O3. The van der Waals surface area contributed by atoms with E-state index in [1.807, 2.05) is 50.3 Å². The summed E-state index contributed by atoms with van der Waals surface area (Å²) in [7, 11) is 0. The molecule has 0 unspecified atom stereocenters. The first-order valence-corrected chi connectivity index (χ1v) is 11.7. The van der Waals surface area contributed by atoms with Crippen molar-refractivity contribution in [2.24, 2.45) is 0 Å². The van der Waals surface area contributed by atoms with Crippen molar-refractivity contribution in [1.29, 1.82) is 0 Å². The van der Waals surface area contributed by atoms with Crippen molar-refractivity contribution in [3.05, 3.63) is 71.4 Å². The summed E-state index contributed by atoms with van der Waals surface area (Å²) >= 11 is 0. The number of carbonyl (C=O) groups excluding carboxylic acids is 1. The van der Waals surface area contributed by atoms with Crippen molar-refractivity contribution in [2.75, 3.05) is 13.2 Å². The van der Waals surface area contributed by atoms with Crippen LogP contribution in [0.5, 0.6) is 5.75 Å². The van der Waals surface area contributed by atoms with E-state index in [2.05, 4.69) is 25.1 Å². The van der Waals surface area contributed by atoms with E-state index in [0.717, 1.165) is 35.5 Å². The minimum absolute atomic E-state index is 0.307. The van der Waals surface area contributed by atoms with Crippen molar-refractivity contribution in [3.8, 4) is 5.75 Å². The molecule has 0 saturated carbocycles. The lowest BCUT2D eigenvalue weighted by atomic mass is 10.1. The molecule has 0 fully saturated rings. The highest BCUT2D eigenvalue weighted by atomic mass is 16.5. The van der Waals surface area contributed by atoms with E-state index >= 15 is 0 Å². The highest BCUT2D eigenvalue weighted by Crippen LogP contribution is 2.21. The first-order valence-electron chi connectivity index (χ1n) is 11.7. The van der Waals surface area contributed by atoms with Gasteiger partial charge in [0, 0.05) is 11.6 Å². The number of rotatable bonds is 15. The zero-order chi connectivity index (χ0) is 22.7. The lowest BCUT2D eigenvalue weighted by Gasteiger charge is -2.09. The molecule has 0 radical (unpaired) electrons. The van der Waals surface area contributed by atoms with Crippen molar-refractivity contribution in [3.63, 3.8) is 0 Å². The number of ether oxygens (including phenoxy) is 2. The van der Waals surface area contributed by atoms with Crippen molar-refractivity contribution < 1.29 is 14.3 Å². The van der Waals surface area contributed by atoms with Crippen LogP contribution in [0.25, 0.3) is 6.08 Å². The largest absolute Gasteiger partial charge is 0.493 e. The van der Waals surface area contributed by atoms with Gasteiger partial charge in [-0.15, -0.1) is 0 Å². The van der Waals surface area contributed by atoms with E-state index < -0.39 is 0 Å². The minimum atomic E-state index is -0.307. The molecule has 0 aliphatic rings. The Hall–Kier alpha value is -2.55. The Morgan fingerprint density at radius 2 is 1.61 bits per heavy atom. The summed E-state index contributed by atoms with van der Waals surface area (Å²) in [5, 5.41) is 0. The molecule has 0 amide bonds. The van der Waals surface area contributed by atoms with Gasteiger partial charge in [-0.25, -0.2) is 4.79 Å². The van der Waals surface area contributed by atoms with Crippen LogP contribution < -0.4 is 4.74 Å². The second-order valence-electron chi connectivity index (χ2n) is 7.75. The Kier molecular flexibility index (Phi) is 14.7. The van der Waals surface area contributed by atoms with Crippen molar-refractivity contribution in [2.45, 2.75) is 72.6 Å². The second kappa shape index (κ2) is 17.2. The van der Waals surface area contributed by atoms with Crippen LogP contribution in [0.3, 0.4) is 0 Å². The maximum Gasteiger partial charge on any atom is 0.330 e. The number of hydrogen-bond donors (Lipinski definition) is 0. The van der Waals surface area contributed by atoms with Gasteiger partial charge in [-0.2, -0.15) is 0 Å². The molecule has 3 heteroatoms. The van der Waals surface area contributed by atoms with Gasteiger partial charge in [0.1, 0.15) is 5.75 Å². The highest BCUT2D eigenvalue weighted by Gasteiger charge is 2.00. The van der Waals surface area contributed by atoms with Gasteiger partial charge in [0.05, 0.1) is 13.2 Å². The van der Waals surface area contributed by atoms with Gasteiger partial charge in [-0.3, -0.25) is 0 Å². The number of unbranched alkanes of at least 4 members (excludes halogenated alkanes) is 6. The molecule has 31 heavy (non-hydrogen) atoms. The Morgan fingerprint density at radius 3 is 2.35 bits per heavy atom. The van der Waals surface area contributed by atoms with Crippen LogP contribution in [0.1, 0.15) is 78.2 Å². The average Bonchev–Trinajstić information content (AvgIpc) is 2.75. The van der Waals surface area contributed by atoms with Gasteiger partial charge in [0.15, 0.2) is 0 Å². The number of allylic oxidation sites excluding steroid dienone is 6. The highest BCUT2D eigenvalue weighted by molar-refractivity contribution is 5.83. The first-order chi connectivity index (χ1) is 15.1. The van der Waals surface area contributed by atoms with Crippen molar-refractivity contribution >= 4 is 12.0 Å². The molecule has 0 aliphatic heterocycles. The summed E-state index contributed by atoms with van der Waals surface area (Å²) in [5.74, 6) is 0.625. The van der Waals surface area contributed by atoms with E-state index in [-0.39, 0.29) is 5.97 Å². The molecular weight excluding hydrogens is 384 g/mol.